The van der Waals surface area contributed by atoms with Gasteiger partial charge in [0.05, 0.1) is 6.07 Å². The fraction of sp³-hybridized carbons (Fsp3) is 0.562. The molecule has 3 nitrogen and oxygen atoms in total. The Morgan fingerprint density at radius 2 is 1.58 bits per heavy atom. The summed E-state index contributed by atoms with van der Waals surface area (Å²) in [5.74, 6) is 0. The first-order valence-electron chi connectivity index (χ1n) is 7.24. The summed E-state index contributed by atoms with van der Waals surface area (Å²) < 4.78 is 0. The highest BCUT2D eigenvalue weighted by atomic mass is 15.3. The van der Waals surface area contributed by atoms with Gasteiger partial charge in [-0.1, -0.05) is 30.3 Å². The van der Waals surface area contributed by atoms with Crippen LogP contribution < -0.4 is 0 Å². The largest absolute Gasteiger partial charge is 0.301 e. The van der Waals surface area contributed by atoms with Crippen molar-refractivity contribution in [3.8, 4) is 6.07 Å². The van der Waals surface area contributed by atoms with Crippen molar-refractivity contribution in [3.05, 3.63) is 35.9 Å². The van der Waals surface area contributed by atoms with E-state index in [0.29, 0.717) is 6.42 Å². The summed E-state index contributed by atoms with van der Waals surface area (Å²) in [5.41, 5.74) is 1.43. The van der Waals surface area contributed by atoms with Gasteiger partial charge in [0, 0.05) is 39.1 Å². The molecule has 2 rings (SSSR count). The van der Waals surface area contributed by atoms with Crippen LogP contribution in [0.5, 0.6) is 0 Å². The van der Waals surface area contributed by atoms with Gasteiger partial charge in [-0.05, 0) is 24.9 Å². The van der Waals surface area contributed by atoms with Gasteiger partial charge in [-0.25, -0.2) is 0 Å². The van der Waals surface area contributed by atoms with Crippen molar-refractivity contribution in [1.29, 1.82) is 5.26 Å². The topological polar surface area (TPSA) is 30.3 Å². The van der Waals surface area contributed by atoms with Gasteiger partial charge in [0.15, 0.2) is 0 Å². The number of unbranched alkanes of at least 4 members (excludes halogenated alkanes) is 1. The fourth-order valence-corrected chi connectivity index (χ4v) is 2.55. The molecule has 0 spiro atoms. The van der Waals surface area contributed by atoms with E-state index >= 15 is 0 Å². The van der Waals surface area contributed by atoms with E-state index in [-0.39, 0.29) is 0 Å². The summed E-state index contributed by atoms with van der Waals surface area (Å²) in [6, 6.07) is 12.9. The van der Waals surface area contributed by atoms with E-state index in [2.05, 4.69) is 46.2 Å². The maximum atomic E-state index is 8.54. The third-order valence-electron chi connectivity index (χ3n) is 3.79. The second-order valence-corrected chi connectivity index (χ2v) is 5.18. The number of rotatable bonds is 6. The van der Waals surface area contributed by atoms with E-state index in [1.54, 1.807) is 0 Å². The third-order valence-corrected chi connectivity index (χ3v) is 3.79. The number of hydrogen-bond donors (Lipinski definition) is 0. The summed E-state index contributed by atoms with van der Waals surface area (Å²) in [7, 11) is 0. The Balaban J connectivity index is 1.62. The van der Waals surface area contributed by atoms with Crippen molar-refractivity contribution in [2.24, 2.45) is 0 Å². The van der Waals surface area contributed by atoms with E-state index in [9.17, 15) is 0 Å². The van der Waals surface area contributed by atoms with E-state index < -0.39 is 0 Å². The monoisotopic (exact) mass is 257 g/mol. The van der Waals surface area contributed by atoms with Gasteiger partial charge in [-0.15, -0.1) is 0 Å². The number of benzene rings is 1. The predicted molar refractivity (Wildman–Crippen MR) is 77.9 cm³/mol. The molecular formula is C16H23N3. The molecule has 1 saturated heterocycles. The molecule has 0 bridgehead atoms. The fourth-order valence-electron chi connectivity index (χ4n) is 2.55. The number of hydrogen-bond acceptors (Lipinski definition) is 3. The second kappa shape index (κ2) is 7.93. The molecule has 0 aromatic heterocycles. The lowest BCUT2D eigenvalue weighted by Crippen LogP contribution is -2.47. The maximum Gasteiger partial charge on any atom is 0.0622 e. The highest BCUT2D eigenvalue weighted by Gasteiger charge is 2.15. The minimum atomic E-state index is 0.689. The molecule has 1 aliphatic heterocycles. The lowest BCUT2D eigenvalue weighted by atomic mass is 10.1. The Bertz CT molecular complexity index is 388. The molecule has 1 heterocycles. The van der Waals surface area contributed by atoms with Crippen molar-refractivity contribution in [2.75, 3.05) is 39.3 Å². The lowest BCUT2D eigenvalue weighted by Gasteiger charge is -2.34. The molecule has 102 valence electrons. The van der Waals surface area contributed by atoms with Crippen LogP contribution in [-0.4, -0.2) is 49.1 Å². The van der Waals surface area contributed by atoms with Crippen LogP contribution in [0.15, 0.2) is 30.3 Å². The normalized spacial score (nSPS) is 17.2. The molecule has 1 aromatic carbocycles. The third kappa shape index (κ3) is 5.02. The van der Waals surface area contributed by atoms with Crippen LogP contribution in [0.4, 0.5) is 0 Å². The highest BCUT2D eigenvalue weighted by molar-refractivity contribution is 5.14. The number of nitriles is 1. The second-order valence-electron chi connectivity index (χ2n) is 5.18. The first-order chi connectivity index (χ1) is 9.38. The Morgan fingerprint density at radius 1 is 0.947 bits per heavy atom. The van der Waals surface area contributed by atoms with Gasteiger partial charge in [0.1, 0.15) is 0 Å². The van der Waals surface area contributed by atoms with Crippen LogP contribution in [0.1, 0.15) is 18.4 Å². The van der Waals surface area contributed by atoms with Crippen LogP contribution in [-0.2, 0) is 6.42 Å². The molecule has 0 radical (unpaired) electrons. The zero-order chi connectivity index (χ0) is 13.3. The highest BCUT2D eigenvalue weighted by Crippen LogP contribution is 2.06. The Morgan fingerprint density at radius 3 is 2.21 bits per heavy atom. The van der Waals surface area contributed by atoms with Gasteiger partial charge in [0.25, 0.3) is 0 Å². The molecule has 3 heteroatoms. The Kier molecular flexibility index (Phi) is 5.87. The Hall–Kier alpha value is -1.37. The van der Waals surface area contributed by atoms with Crippen molar-refractivity contribution < 1.29 is 0 Å². The summed E-state index contributed by atoms with van der Waals surface area (Å²) in [6.07, 6.45) is 2.85. The van der Waals surface area contributed by atoms with Gasteiger partial charge < -0.3 is 9.80 Å². The zero-order valence-corrected chi connectivity index (χ0v) is 11.6. The summed E-state index contributed by atoms with van der Waals surface area (Å²) in [5, 5.41) is 8.54. The predicted octanol–water partition coefficient (Wildman–Crippen LogP) is 2.15. The quantitative estimate of drug-likeness (QED) is 0.732. The van der Waals surface area contributed by atoms with Gasteiger partial charge in [0.2, 0.25) is 0 Å². The summed E-state index contributed by atoms with van der Waals surface area (Å²) in [4.78, 5) is 5.03. The van der Waals surface area contributed by atoms with Crippen LogP contribution in [0.3, 0.4) is 0 Å². The standard InChI is InChI=1S/C16H23N3/c17-9-4-5-10-18-12-14-19(15-13-18)11-8-16-6-2-1-3-7-16/h1-3,6-7H,4-5,8,10-15H2. The van der Waals surface area contributed by atoms with Gasteiger partial charge in [-0.3, -0.25) is 0 Å². The summed E-state index contributed by atoms with van der Waals surface area (Å²) in [6.45, 7) is 6.88. The molecule has 0 saturated carbocycles. The molecule has 0 N–H and O–H groups in total. The minimum absolute atomic E-state index is 0.689. The average Bonchev–Trinajstić information content (AvgIpc) is 2.48. The SMILES string of the molecule is N#CCCCN1CCN(CCc2ccccc2)CC1. The van der Waals surface area contributed by atoms with Crippen molar-refractivity contribution in [2.45, 2.75) is 19.3 Å². The molecule has 0 aliphatic carbocycles. The average molecular weight is 257 g/mol. The molecule has 1 aromatic rings. The van der Waals surface area contributed by atoms with Crippen LogP contribution >= 0.6 is 0 Å². The lowest BCUT2D eigenvalue weighted by molar-refractivity contribution is 0.133. The van der Waals surface area contributed by atoms with Crippen LogP contribution in [0, 0.1) is 11.3 Å². The molecule has 0 atom stereocenters. The number of nitrogens with zero attached hydrogens (tertiary/aromatic N) is 3. The molecular weight excluding hydrogens is 234 g/mol. The molecule has 0 amide bonds. The minimum Gasteiger partial charge on any atom is -0.301 e. The first-order valence-corrected chi connectivity index (χ1v) is 7.24. The smallest absolute Gasteiger partial charge is 0.0622 e. The van der Waals surface area contributed by atoms with E-state index in [1.807, 2.05) is 0 Å². The molecule has 1 fully saturated rings. The van der Waals surface area contributed by atoms with E-state index in [0.717, 1.165) is 39.0 Å². The summed E-state index contributed by atoms with van der Waals surface area (Å²) >= 11 is 0. The molecule has 1 aliphatic rings. The maximum absolute atomic E-state index is 8.54. The van der Waals surface area contributed by atoms with Gasteiger partial charge in [-0.2, -0.15) is 5.26 Å². The van der Waals surface area contributed by atoms with Crippen LogP contribution in [0.2, 0.25) is 0 Å². The Labute approximate surface area is 116 Å². The number of piperazine rings is 1. The van der Waals surface area contributed by atoms with E-state index in [1.165, 1.54) is 18.7 Å². The van der Waals surface area contributed by atoms with Crippen molar-refractivity contribution >= 4 is 0 Å². The van der Waals surface area contributed by atoms with Crippen molar-refractivity contribution in [1.82, 2.24) is 9.80 Å². The zero-order valence-electron chi connectivity index (χ0n) is 11.6. The molecule has 0 unspecified atom stereocenters. The first kappa shape index (κ1) is 14.0. The van der Waals surface area contributed by atoms with Crippen molar-refractivity contribution in [3.63, 3.8) is 0 Å². The van der Waals surface area contributed by atoms with Crippen LogP contribution in [0.25, 0.3) is 0 Å². The van der Waals surface area contributed by atoms with E-state index in [4.69, 9.17) is 5.26 Å². The molecule has 19 heavy (non-hydrogen) atoms. The van der Waals surface area contributed by atoms with Gasteiger partial charge >= 0.3 is 0 Å².